The monoisotopic (exact) mass is 428 g/mol. The highest BCUT2D eigenvalue weighted by Crippen LogP contribution is 2.33. The Labute approximate surface area is 176 Å². The van der Waals surface area contributed by atoms with Crippen LogP contribution in [0.15, 0.2) is 60.7 Å². The molecule has 0 aromatic heterocycles. The molecule has 1 aliphatic rings. The van der Waals surface area contributed by atoms with Crippen molar-refractivity contribution in [2.75, 3.05) is 6.54 Å². The third-order valence-corrected chi connectivity index (χ3v) is 5.34. The minimum atomic E-state index is -4.51. The van der Waals surface area contributed by atoms with E-state index in [0.717, 1.165) is 16.8 Å². The highest BCUT2D eigenvalue weighted by atomic mass is 19.4. The smallest absolute Gasteiger partial charge is 0.416 e. The van der Waals surface area contributed by atoms with Crippen molar-refractivity contribution in [3.05, 3.63) is 77.4 Å². The van der Waals surface area contributed by atoms with Crippen LogP contribution in [0.3, 0.4) is 0 Å². The predicted octanol–water partition coefficient (Wildman–Crippen LogP) is 4.10. The third-order valence-electron chi connectivity index (χ3n) is 5.34. The summed E-state index contributed by atoms with van der Waals surface area (Å²) in [6.07, 6.45) is -4.53. The van der Waals surface area contributed by atoms with Gasteiger partial charge in [0.1, 0.15) is 5.75 Å². The van der Waals surface area contributed by atoms with Crippen LogP contribution in [-0.4, -0.2) is 34.4 Å². The van der Waals surface area contributed by atoms with Gasteiger partial charge in [-0.1, -0.05) is 42.5 Å². The normalized spacial score (nSPS) is 16.7. The van der Waals surface area contributed by atoms with Gasteiger partial charge < -0.3 is 15.3 Å². The second-order valence-corrected chi connectivity index (χ2v) is 7.52. The quantitative estimate of drug-likeness (QED) is 0.658. The summed E-state index contributed by atoms with van der Waals surface area (Å²) in [6, 6.07) is 14.9. The van der Waals surface area contributed by atoms with Crippen molar-refractivity contribution in [1.29, 1.82) is 0 Å². The molecule has 1 saturated heterocycles. The molecule has 0 radical (unpaired) electrons. The molecular weight excluding hydrogens is 409 g/mol. The number of fused-ring (bicyclic) bond motifs is 1. The zero-order valence-corrected chi connectivity index (χ0v) is 16.3. The van der Waals surface area contributed by atoms with E-state index in [1.165, 1.54) is 29.2 Å². The lowest BCUT2D eigenvalue weighted by molar-refractivity contribution is -0.139. The highest BCUT2D eigenvalue weighted by molar-refractivity contribution is 6.02. The van der Waals surface area contributed by atoms with Gasteiger partial charge >= 0.3 is 6.18 Å². The summed E-state index contributed by atoms with van der Waals surface area (Å²) >= 11 is 0. The fourth-order valence-electron chi connectivity index (χ4n) is 3.84. The average molecular weight is 428 g/mol. The number of nitrogens with one attached hydrogen (secondary N) is 1. The summed E-state index contributed by atoms with van der Waals surface area (Å²) in [5, 5.41) is 14.5. The lowest BCUT2D eigenvalue weighted by Gasteiger charge is -2.20. The van der Waals surface area contributed by atoms with Crippen LogP contribution in [-0.2, 0) is 17.5 Å². The van der Waals surface area contributed by atoms with E-state index in [1.807, 2.05) is 24.3 Å². The fraction of sp³-hybridized carbons (Fsp3) is 0.217. The van der Waals surface area contributed by atoms with Gasteiger partial charge in [-0.05, 0) is 34.5 Å². The minimum absolute atomic E-state index is 0.00231. The first-order chi connectivity index (χ1) is 14.7. The van der Waals surface area contributed by atoms with Crippen molar-refractivity contribution < 1.29 is 27.9 Å². The third kappa shape index (κ3) is 4.33. The fourth-order valence-corrected chi connectivity index (χ4v) is 3.84. The lowest BCUT2D eigenvalue weighted by Crippen LogP contribution is -2.37. The molecule has 4 rings (SSSR count). The molecule has 3 aromatic rings. The van der Waals surface area contributed by atoms with E-state index in [-0.39, 0.29) is 42.3 Å². The van der Waals surface area contributed by atoms with E-state index in [9.17, 15) is 27.9 Å². The van der Waals surface area contributed by atoms with Crippen LogP contribution in [0.4, 0.5) is 13.2 Å². The van der Waals surface area contributed by atoms with Gasteiger partial charge in [-0.3, -0.25) is 9.59 Å². The molecule has 8 heteroatoms. The highest BCUT2D eigenvalue weighted by Gasteiger charge is 2.36. The molecule has 5 nitrogen and oxygen atoms in total. The molecule has 31 heavy (non-hydrogen) atoms. The number of halogens is 3. The molecule has 0 saturated carbocycles. The van der Waals surface area contributed by atoms with E-state index in [2.05, 4.69) is 5.32 Å². The number of phenols is 1. The number of amides is 2. The van der Waals surface area contributed by atoms with Crippen molar-refractivity contribution in [2.24, 2.45) is 0 Å². The SMILES string of the molecule is O=C(NC1CC(=O)N(Cc2ccccc2C(F)(F)F)C1)c1cc2ccccc2cc1O. The van der Waals surface area contributed by atoms with Crippen LogP contribution in [0.5, 0.6) is 5.75 Å². The number of likely N-dealkylation sites (tertiary alicyclic amines) is 1. The molecule has 1 unspecified atom stereocenters. The van der Waals surface area contributed by atoms with Gasteiger partial charge in [0.15, 0.2) is 0 Å². The molecule has 1 heterocycles. The molecular formula is C23H19F3N2O3. The maximum atomic E-state index is 13.2. The largest absolute Gasteiger partial charge is 0.507 e. The van der Waals surface area contributed by atoms with Gasteiger partial charge in [0, 0.05) is 19.5 Å². The van der Waals surface area contributed by atoms with Crippen LogP contribution in [0.2, 0.25) is 0 Å². The van der Waals surface area contributed by atoms with Gasteiger partial charge in [-0.15, -0.1) is 0 Å². The van der Waals surface area contributed by atoms with Crippen LogP contribution in [0.25, 0.3) is 10.8 Å². The van der Waals surface area contributed by atoms with Crippen LogP contribution >= 0.6 is 0 Å². The molecule has 3 aromatic carbocycles. The Morgan fingerprint density at radius 1 is 1.06 bits per heavy atom. The summed E-state index contributed by atoms with van der Waals surface area (Å²) in [6.45, 7) is -0.104. The van der Waals surface area contributed by atoms with Crippen LogP contribution < -0.4 is 5.32 Å². The summed E-state index contributed by atoms with van der Waals surface area (Å²) < 4.78 is 39.7. The second kappa shape index (κ2) is 7.94. The summed E-state index contributed by atoms with van der Waals surface area (Å²) in [4.78, 5) is 26.3. The maximum Gasteiger partial charge on any atom is 0.416 e. The standard InChI is InChI=1S/C23H19F3N2O3/c24-23(25,26)19-8-4-3-7-16(19)12-28-13-17(11-21(28)30)27-22(31)18-9-14-5-1-2-6-15(14)10-20(18)29/h1-10,17,29H,11-13H2,(H,27,31). The number of alkyl halides is 3. The van der Waals surface area contributed by atoms with Crippen molar-refractivity contribution in [3.63, 3.8) is 0 Å². The average Bonchev–Trinajstić information content (AvgIpc) is 3.05. The molecule has 1 atom stereocenters. The van der Waals surface area contributed by atoms with Gasteiger partial charge in [0.05, 0.1) is 17.2 Å². The zero-order chi connectivity index (χ0) is 22.2. The Hall–Kier alpha value is -3.55. The van der Waals surface area contributed by atoms with Gasteiger partial charge in [0.2, 0.25) is 5.91 Å². The number of aromatic hydroxyl groups is 1. The molecule has 1 fully saturated rings. The van der Waals surface area contributed by atoms with E-state index >= 15 is 0 Å². The number of carbonyl (C=O) groups excluding carboxylic acids is 2. The first-order valence-corrected chi connectivity index (χ1v) is 9.68. The Morgan fingerprint density at radius 2 is 1.71 bits per heavy atom. The first-order valence-electron chi connectivity index (χ1n) is 9.68. The van der Waals surface area contributed by atoms with Crippen molar-refractivity contribution >= 4 is 22.6 Å². The molecule has 0 aliphatic carbocycles. The Balaban J connectivity index is 1.47. The van der Waals surface area contributed by atoms with E-state index in [1.54, 1.807) is 6.07 Å². The Morgan fingerprint density at radius 3 is 2.42 bits per heavy atom. The van der Waals surface area contributed by atoms with E-state index < -0.39 is 23.7 Å². The summed E-state index contributed by atoms with van der Waals surface area (Å²) in [7, 11) is 0. The second-order valence-electron chi connectivity index (χ2n) is 7.52. The van der Waals surface area contributed by atoms with Crippen LogP contribution in [0.1, 0.15) is 27.9 Å². The summed E-state index contributed by atoms with van der Waals surface area (Å²) in [5.74, 6) is -1.07. The number of nitrogens with zero attached hydrogens (tertiary/aromatic N) is 1. The zero-order valence-electron chi connectivity index (χ0n) is 16.3. The van der Waals surface area contributed by atoms with Crippen molar-refractivity contribution in [2.45, 2.75) is 25.2 Å². The van der Waals surface area contributed by atoms with Gasteiger partial charge in [0.25, 0.3) is 5.91 Å². The molecule has 2 amide bonds. The summed E-state index contributed by atoms with van der Waals surface area (Å²) in [5.41, 5.74) is -0.703. The molecule has 2 N–H and O–H groups in total. The number of carbonyl (C=O) groups is 2. The number of hydrogen-bond donors (Lipinski definition) is 2. The molecule has 1 aliphatic heterocycles. The van der Waals surface area contributed by atoms with Crippen molar-refractivity contribution in [1.82, 2.24) is 10.2 Å². The number of phenolic OH excluding ortho intramolecular Hbond substituents is 1. The molecule has 160 valence electrons. The predicted molar refractivity (Wildman–Crippen MR) is 108 cm³/mol. The number of hydrogen-bond acceptors (Lipinski definition) is 3. The number of benzene rings is 3. The maximum absolute atomic E-state index is 13.2. The van der Waals surface area contributed by atoms with Gasteiger partial charge in [-0.25, -0.2) is 0 Å². The lowest BCUT2D eigenvalue weighted by atomic mass is 10.0. The Bertz CT molecular complexity index is 1160. The number of rotatable bonds is 4. The molecule has 0 bridgehead atoms. The van der Waals surface area contributed by atoms with Crippen LogP contribution in [0, 0.1) is 0 Å². The first kappa shape index (κ1) is 20.7. The molecule has 0 spiro atoms. The Kier molecular flexibility index (Phi) is 5.31. The van der Waals surface area contributed by atoms with E-state index in [4.69, 9.17) is 0 Å². The van der Waals surface area contributed by atoms with Crippen molar-refractivity contribution in [3.8, 4) is 5.75 Å². The topological polar surface area (TPSA) is 69.6 Å². The minimum Gasteiger partial charge on any atom is -0.507 e. The van der Waals surface area contributed by atoms with E-state index in [0.29, 0.717) is 0 Å². The van der Waals surface area contributed by atoms with Gasteiger partial charge in [-0.2, -0.15) is 13.2 Å².